The van der Waals surface area contributed by atoms with Crippen molar-refractivity contribution in [1.29, 1.82) is 0 Å². The van der Waals surface area contributed by atoms with Crippen molar-refractivity contribution in [2.45, 2.75) is 11.9 Å². The van der Waals surface area contributed by atoms with Crippen molar-refractivity contribution in [2.24, 2.45) is 0 Å². The van der Waals surface area contributed by atoms with Crippen LogP contribution in [0.25, 0.3) is 11.4 Å². The number of carbonyl (C=O) groups is 1. The van der Waals surface area contributed by atoms with Crippen LogP contribution in [0.1, 0.15) is 5.69 Å². The van der Waals surface area contributed by atoms with E-state index in [4.69, 9.17) is 5.11 Å². The molecule has 1 aromatic heterocycles. The molecular formula is C13H12N2O2S. The first kappa shape index (κ1) is 12.6. The number of rotatable bonds is 4. The van der Waals surface area contributed by atoms with Gasteiger partial charge in [-0.2, -0.15) is 0 Å². The summed E-state index contributed by atoms with van der Waals surface area (Å²) in [6.07, 6.45) is 0. The highest BCUT2D eigenvalue weighted by Crippen LogP contribution is 2.21. The van der Waals surface area contributed by atoms with Gasteiger partial charge in [0.15, 0.2) is 5.82 Å². The third kappa shape index (κ3) is 3.30. The monoisotopic (exact) mass is 260 g/mol. The lowest BCUT2D eigenvalue weighted by atomic mass is 10.2. The smallest absolute Gasteiger partial charge is 0.313 e. The van der Waals surface area contributed by atoms with Crippen LogP contribution in [0.3, 0.4) is 0 Å². The van der Waals surface area contributed by atoms with E-state index in [9.17, 15) is 4.79 Å². The number of carboxylic acid groups (broad SMARTS) is 1. The molecule has 5 heteroatoms. The van der Waals surface area contributed by atoms with Crippen molar-refractivity contribution in [2.75, 3.05) is 5.75 Å². The second-order valence-corrected chi connectivity index (χ2v) is 4.72. The van der Waals surface area contributed by atoms with E-state index in [0.29, 0.717) is 10.9 Å². The summed E-state index contributed by atoms with van der Waals surface area (Å²) in [5, 5.41) is 9.35. The first-order valence-electron chi connectivity index (χ1n) is 5.41. The van der Waals surface area contributed by atoms with E-state index in [1.807, 2.05) is 37.3 Å². The lowest BCUT2D eigenvalue weighted by Crippen LogP contribution is -2.00. The van der Waals surface area contributed by atoms with E-state index >= 15 is 0 Å². The van der Waals surface area contributed by atoms with E-state index < -0.39 is 5.97 Å². The highest BCUT2D eigenvalue weighted by molar-refractivity contribution is 7.99. The van der Waals surface area contributed by atoms with Crippen LogP contribution in [-0.4, -0.2) is 26.8 Å². The molecule has 0 aliphatic carbocycles. The Balaban J connectivity index is 2.29. The predicted molar refractivity (Wildman–Crippen MR) is 70.6 cm³/mol. The minimum absolute atomic E-state index is 0.00465. The van der Waals surface area contributed by atoms with Crippen molar-refractivity contribution < 1.29 is 9.90 Å². The van der Waals surface area contributed by atoms with Crippen LogP contribution >= 0.6 is 11.8 Å². The Bertz CT molecular complexity index is 558. The van der Waals surface area contributed by atoms with Crippen molar-refractivity contribution in [1.82, 2.24) is 9.97 Å². The molecule has 2 rings (SSSR count). The van der Waals surface area contributed by atoms with E-state index in [1.165, 1.54) is 11.8 Å². The topological polar surface area (TPSA) is 63.1 Å². The lowest BCUT2D eigenvalue weighted by molar-refractivity contribution is -0.133. The molecule has 1 N–H and O–H groups in total. The second-order valence-electron chi connectivity index (χ2n) is 3.72. The largest absolute Gasteiger partial charge is 0.481 e. The van der Waals surface area contributed by atoms with Gasteiger partial charge in [-0.1, -0.05) is 42.1 Å². The molecule has 0 bridgehead atoms. The van der Waals surface area contributed by atoms with Crippen LogP contribution in [-0.2, 0) is 4.79 Å². The third-order valence-corrected chi connectivity index (χ3v) is 3.10. The van der Waals surface area contributed by atoms with Crippen LogP contribution in [0, 0.1) is 6.92 Å². The molecule has 1 aromatic carbocycles. The van der Waals surface area contributed by atoms with Crippen LogP contribution in [0.5, 0.6) is 0 Å². The molecule has 0 amide bonds. The Labute approximate surface area is 109 Å². The van der Waals surface area contributed by atoms with Gasteiger partial charge in [-0.25, -0.2) is 9.97 Å². The molecule has 0 saturated heterocycles. The normalized spacial score (nSPS) is 10.3. The summed E-state index contributed by atoms with van der Waals surface area (Å²) in [7, 11) is 0. The Morgan fingerprint density at radius 2 is 2.00 bits per heavy atom. The number of aliphatic carboxylic acids is 1. The van der Waals surface area contributed by atoms with Crippen LogP contribution in [0.4, 0.5) is 0 Å². The zero-order valence-electron chi connectivity index (χ0n) is 9.83. The molecule has 0 saturated carbocycles. The Kier molecular flexibility index (Phi) is 3.94. The number of aromatic nitrogens is 2. The highest BCUT2D eigenvalue weighted by Gasteiger charge is 2.06. The highest BCUT2D eigenvalue weighted by atomic mass is 32.2. The van der Waals surface area contributed by atoms with E-state index in [1.54, 1.807) is 6.07 Å². The summed E-state index contributed by atoms with van der Waals surface area (Å²) < 4.78 is 0. The molecule has 0 unspecified atom stereocenters. The maximum Gasteiger partial charge on any atom is 0.313 e. The minimum atomic E-state index is -0.850. The average Bonchev–Trinajstić information content (AvgIpc) is 2.37. The predicted octanol–water partition coefficient (Wildman–Crippen LogP) is 2.63. The fraction of sp³-hybridized carbons (Fsp3) is 0.154. The standard InChI is InChI=1S/C13H12N2O2S/c1-9-7-11(18-8-12(16)17)15-13(14-9)10-5-3-2-4-6-10/h2-7H,8H2,1H3,(H,16,17). The number of aryl methyl sites for hydroxylation is 1. The summed E-state index contributed by atoms with van der Waals surface area (Å²) in [5.74, 6) is -0.217. The van der Waals surface area contributed by atoms with Crippen LogP contribution in [0.2, 0.25) is 0 Å². The van der Waals surface area contributed by atoms with E-state index in [-0.39, 0.29) is 5.75 Å². The Hall–Kier alpha value is -1.88. The van der Waals surface area contributed by atoms with Crippen molar-refractivity contribution in [3.8, 4) is 11.4 Å². The third-order valence-electron chi connectivity index (χ3n) is 2.21. The molecule has 0 aliphatic heterocycles. The number of benzene rings is 1. The van der Waals surface area contributed by atoms with Gasteiger partial charge >= 0.3 is 5.97 Å². The molecule has 92 valence electrons. The van der Waals surface area contributed by atoms with Gasteiger partial charge in [0.05, 0.1) is 5.75 Å². The molecule has 0 spiro atoms. The van der Waals surface area contributed by atoms with Crippen molar-refractivity contribution in [3.63, 3.8) is 0 Å². The van der Waals surface area contributed by atoms with E-state index in [0.717, 1.165) is 11.3 Å². The van der Waals surface area contributed by atoms with Gasteiger partial charge < -0.3 is 5.11 Å². The van der Waals surface area contributed by atoms with Crippen molar-refractivity contribution in [3.05, 3.63) is 42.1 Å². The zero-order chi connectivity index (χ0) is 13.0. The molecule has 18 heavy (non-hydrogen) atoms. The molecule has 1 heterocycles. The summed E-state index contributed by atoms with van der Waals surface area (Å²) >= 11 is 1.20. The molecule has 0 fully saturated rings. The average molecular weight is 260 g/mol. The fourth-order valence-electron chi connectivity index (χ4n) is 1.47. The summed E-state index contributed by atoms with van der Waals surface area (Å²) in [6, 6.07) is 11.4. The van der Waals surface area contributed by atoms with Gasteiger partial charge in [0.25, 0.3) is 0 Å². The van der Waals surface area contributed by atoms with E-state index in [2.05, 4.69) is 9.97 Å². The second kappa shape index (κ2) is 5.64. The zero-order valence-corrected chi connectivity index (χ0v) is 10.6. The summed E-state index contributed by atoms with van der Waals surface area (Å²) in [6.45, 7) is 1.87. The maximum absolute atomic E-state index is 10.5. The van der Waals surface area contributed by atoms with Gasteiger partial charge in [0.1, 0.15) is 5.03 Å². The SMILES string of the molecule is Cc1cc(SCC(=O)O)nc(-c2ccccc2)n1. The number of hydrogen-bond donors (Lipinski definition) is 1. The number of nitrogens with zero attached hydrogens (tertiary/aromatic N) is 2. The summed E-state index contributed by atoms with van der Waals surface area (Å²) in [4.78, 5) is 19.3. The Morgan fingerprint density at radius 1 is 1.28 bits per heavy atom. The molecule has 0 atom stereocenters. The molecular weight excluding hydrogens is 248 g/mol. The van der Waals surface area contributed by atoms with Crippen LogP contribution in [0.15, 0.2) is 41.4 Å². The molecule has 4 nitrogen and oxygen atoms in total. The van der Waals surface area contributed by atoms with Crippen LogP contribution < -0.4 is 0 Å². The molecule has 0 aliphatic rings. The van der Waals surface area contributed by atoms with Gasteiger partial charge in [0, 0.05) is 11.3 Å². The van der Waals surface area contributed by atoms with Gasteiger partial charge in [-0.15, -0.1) is 0 Å². The quantitative estimate of drug-likeness (QED) is 0.676. The molecule has 0 radical (unpaired) electrons. The minimum Gasteiger partial charge on any atom is -0.481 e. The maximum atomic E-state index is 10.5. The first-order valence-corrected chi connectivity index (χ1v) is 6.39. The fourth-order valence-corrected chi connectivity index (χ4v) is 2.14. The number of carboxylic acids is 1. The number of thioether (sulfide) groups is 1. The first-order chi connectivity index (χ1) is 8.65. The molecule has 2 aromatic rings. The van der Waals surface area contributed by atoms with Gasteiger partial charge in [-0.3, -0.25) is 4.79 Å². The number of hydrogen-bond acceptors (Lipinski definition) is 4. The van der Waals surface area contributed by atoms with Crippen molar-refractivity contribution >= 4 is 17.7 Å². The Morgan fingerprint density at radius 3 is 2.67 bits per heavy atom. The summed E-state index contributed by atoms with van der Waals surface area (Å²) in [5.41, 5.74) is 1.76. The van der Waals surface area contributed by atoms with Gasteiger partial charge in [0.2, 0.25) is 0 Å². The lowest BCUT2D eigenvalue weighted by Gasteiger charge is -2.04. The van der Waals surface area contributed by atoms with Gasteiger partial charge in [-0.05, 0) is 13.0 Å².